The molecule has 0 aromatic rings. The Labute approximate surface area is 79.6 Å². The summed E-state index contributed by atoms with van der Waals surface area (Å²) in [5.74, 6) is 0. The molecule has 0 heterocycles. The van der Waals surface area contributed by atoms with Gasteiger partial charge in [0.2, 0.25) is 0 Å². The van der Waals surface area contributed by atoms with Crippen LogP contribution in [0.15, 0.2) is 0 Å². The second-order valence-corrected chi connectivity index (χ2v) is 1.06. The van der Waals surface area contributed by atoms with Crippen LogP contribution in [0.3, 0.4) is 0 Å². The van der Waals surface area contributed by atoms with Crippen molar-refractivity contribution in [1.82, 2.24) is 0 Å². The summed E-state index contributed by atoms with van der Waals surface area (Å²) in [6.07, 6.45) is 0. The van der Waals surface area contributed by atoms with Crippen LogP contribution in [0.4, 0.5) is 0 Å². The largest absolute Gasteiger partial charge is 3.00 e. The minimum atomic E-state index is 0. The van der Waals surface area contributed by atoms with Crippen molar-refractivity contribution in [3.05, 3.63) is 17.2 Å². The van der Waals surface area contributed by atoms with Crippen LogP contribution in [-0.2, 0) is 21.7 Å². The van der Waals surface area contributed by atoms with Gasteiger partial charge >= 0.3 is 21.7 Å². The van der Waals surface area contributed by atoms with E-state index in [-0.39, 0.29) is 21.7 Å². The van der Waals surface area contributed by atoms with Crippen LogP contribution in [0.5, 0.6) is 0 Å². The molecule has 10 heavy (non-hydrogen) atoms. The van der Waals surface area contributed by atoms with E-state index in [2.05, 4.69) is 0 Å². The molecule has 0 amide bonds. The Morgan fingerprint density at radius 3 is 0.700 bits per heavy atom. The van der Waals surface area contributed by atoms with Crippen molar-refractivity contribution in [2.75, 3.05) is 19.6 Å². The molecule has 0 fully saturated rings. The molecule has 0 aliphatic rings. The first-order valence-corrected chi connectivity index (χ1v) is 3.18. The summed E-state index contributed by atoms with van der Waals surface area (Å²) in [7, 11) is 0. The maximum atomic E-state index is 6.21. The SMILES string of the molecule is CC[NH-].CC[NH-].CC[NH-].[Ti+3]. The minimum absolute atomic E-state index is 0. The Morgan fingerprint density at radius 1 is 0.700 bits per heavy atom. The first-order chi connectivity index (χ1) is 4.24. The van der Waals surface area contributed by atoms with Crippen molar-refractivity contribution in [1.29, 1.82) is 0 Å². The summed E-state index contributed by atoms with van der Waals surface area (Å²) in [6, 6.07) is 0. The first-order valence-electron chi connectivity index (χ1n) is 3.18. The molecule has 3 nitrogen and oxygen atoms in total. The van der Waals surface area contributed by atoms with Gasteiger partial charge in [0.15, 0.2) is 0 Å². The van der Waals surface area contributed by atoms with E-state index >= 15 is 0 Å². The van der Waals surface area contributed by atoms with E-state index in [1.54, 1.807) is 20.8 Å². The van der Waals surface area contributed by atoms with Crippen molar-refractivity contribution >= 4 is 0 Å². The summed E-state index contributed by atoms with van der Waals surface area (Å²) in [5, 5.41) is 0. The zero-order valence-electron chi connectivity index (χ0n) is 7.12. The van der Waals surface area contributed by atoms with Crippen molar-refractivity contribution in [2.45, 2.75) is 20.8 Å². The summed E-state index contributed by atoms with van der Waals surface area (Å²) in [6.45, 7) is 6.88. The Bertz CT molecular complexity index is 17.7. The number of hydrogen-bond acceptors (Lipinski definition) is 0. The van der Waals surface area contributed by atoms with Crippen LogP contribution >= 0.6 is 0 Å². The number of hydrogen-bond donors (Lipinski definition) is 0. The summed E-state index contributed by atoms with van der Waals surface area (Å²) in [5.41, 5.74) is 18.6. The van der Waals surface area contributed by atoms with Gasteiger partial charge in [0, 0.05) is 0 Å². The van der Waals surface area contributed by atoms with E-state index in [1.807, 2.05) is 0 Å². The van der Waals surface area contributed by atoms with Crippen LogP contribution in [0, 0.1) is 0 Å². The molecule has 0 spiro atoms. The Kier molecular flexibility index (Phi) is 123. The minimum Gasteiger partial charge on any atom is -0.678 e. The Hall–Kier alpha value is 0.594. The van der Waals surface area contributed by atoms with Gasteiger partial charge in [-0.05, 0) is 0 Å². The van der Waals surface area contributed by atoms with E-state index in [1.165, 1.54) is 0 Å². The van der Waals surface area contributed by atoms with Gasteiger partial charge in [-0.15, -0.1) is 0 Å². The molecule has 4 heteroatoms. The van der Waals surface area contributed by atoms with Crippen molar-refractivity contribution in [3.63, 3.8) is 0 Å². The summed E-state index contributed by atoms with van der Waals surface area (Å²) >= 11 is 0. The van der Waals surface area contributed by atoms with Crippen LogP contribution in [0.25, 0.3) is 17.2 Å². The van der Waals surface area contributed by atoms with Crippen LogP contribution in [0.1, 0.15) is 20.8 Å². The molecule has 0 aromatic carbocycles. The van der Waals surface area contributed by atoms with Gasteiger partial charge in [-0.25, -0.2) is 0 Å². The second-order valence-electron chi connectivity index (χ2n) is 1.06. The van der Waals surface area contributed by atoms with Crippen molar-refractivity contribution in [3.8, 4) is 0 Å². The van der Waals surface area contributed by atoms with Gasteiger partial charge in [-0.2, -0.15) is 19.6 Å². The zero-order chi connectivity index (χ0) is 8.12. The number of nitrogens with one attached hydrogen (secondary N) is 3. The second kappa shape index (κ2) is 54.9. The molecule has 0 aliphatic carbocycles. The first kappa shape index (κ1) is 22.4. The van der Waals surface area contributed by atoms with Gasteiger partial charge in [-0.1, -0.05) is 20.8 Å². The molecular formula is C6H18N3Ti. The quantitative estimate of drug-likeness (QED) is 0.513. The van der Waals surface area contributed by atoms with Gasteiger partial charge < -0.3 is 17.2 Å². The third kappa shape index (κ3) is 1400. The van der Waals surface area contributed by atoms with Gasteiger partial charge in [-0.3, -0.25) is 0 Å². The zero-order valence-corrected chi connectivity index (χ0v) is 8.68. The molecule has 1 radical (unpaired) electrons. The molecule has 61 valence electrons. The molecule has 3 N–H and O–H groups in total. The Morgan fingerprint density at radius 2 is 0.700 bits per heavy atom. The summed E-state index contributed by atoms with van der Waals surface area (Å²) < 4.78 is 0. The van der Waals surface area contributed by atoms with Gasteiger partial charge in [0.25, 0.3) is 0 Å². The van der Waals surface area contributed by atoms with E-state index in [0.717, 1.165) is 0 Å². The molecule has 0 bridgehead atoms. The van der Waals surface area contributed by atoms with Crippen LogP contribution in [-0.4, -0.2) is 19.6 Å². The molecule has 0 aliphatic heterocycles. The molecule has 0 aromatic heterocycles. The van der Waals surface area contributed by atoms with Crippen molar-refractivity contribution < 1.29 is 21.7 Å². The maximum absolute atomic E-state index is 6.21. The Balaban J connectivity index is -0.0000000257. The topological polar surface area (TPSA) is 71.4 Å². The van der Waals surface area contributed by atoms with Crippen molar-refractivity contribution in [2.24, 2.45) is 0 Å². The molecule has 0 rings (SSSR count). The van der Waals surface area contributed by atoms with E-state index < -0.39 is 0 Å². The maximum Gasteiger partial charge on any atom is 3.00 e. The van der Waals surface area contributed by atoms with Crippen LogP contribution < -0.4 is 0 Å². The van der Waals surface area contributed by atoms with Gasteiger partial charge in [0.05, 0.1) is 0 Å². The predicted octanol–water partition coefficient (Wildman–Crippen LogP) is 3.17. The smallest absolute Gasteiger partial charge is 0.678 e. The summed E-state index contributed by atoms with van der Waals surface area (Å²) in [4.78, 5) is 0. The van der Waals surface area contributed by atoms with E-state index in [9.17, 15) is 0 Å². The average Bonchev–Trinajstić information content (AvgIpc) is 1.70. The fourth-order valence-electron chi connectivity index (χ4n) is 0. The number of rotatable bonds is 0. The average molecular weight is 180 g/mol. The third-order valence-electron chi connectivity index (χ3n) is 0. The monoisotopic (exact) mass is 180 g/mol. The molecule has 0 atom stereocenters. The fourth-order valence-corrected chi connectivity index (χ4v) is 0. The fraction of sp³-hybridized carbons (Fsp3) is 1.00. The molecule has 0 unspecified atom stereocenters. The van der Waals surface area contributed by atoms with Crippen LogP contribution in [0.2, 0.25) is 0 Å². The predicted molar refractivity (Wildman–Crippen MR) is 44.6 cm³/mol. The molecule has 0 saturated heterocycles. The third-order valence-corrected chi connectivity index (χ3v) is 0. The van der Waals surface area contributed by atoms with E-state index in [0.29, 0.717) is 19.6 Å². The van der Waals surface area contributed by atoms with Gasteiger partial charge in [0.1, 0.15) is 0 Å². The molecule has 0 saturated carbocycles. The standard InChI is InChI=1S/3C2H6N.Ti/c3*1-2-3;/h3*3H,2H2,1H3;/q3*-1;+3. The molecular weight excluding hydrogens is 162 g/mol. The normalized spacial score (nSPS) is 5.40. The van der Waals surface area contributed by atoms with E-state index in [4.69, 9.17) is 17.2 Å².